The maximum atomic E-state index is 8.10. The maximum absolute atomic E-state index is 8.10. The van der Waals surface area contributed by atoms with Gasteiger partial charge in [0, 0.05) is 25.2 Å². The average Bonchev–Trinajstić information content (AvgIpc) is 2.66. The lowest BCUT2D eigenvalue weighted by atomic mass is 10.1. The SMILES string of the molecule is CN(C)CCOCCN1Cc2ccccc2C1=N. The fraction of sp³-hybridized carbons (Fsp3) is 0.500. The smallest absolute Gasteiger partial charge is 0.128 e. The van der Waals surface area contributed by atoms with Gasteiger partial charge in [-0.3, -0.25) is 5.41 Å². The zero-order chi connectivity index (χ0) is 13.0. The highest BCUT2D eigenvalue weighted by Gasteiger charge is 2.22. The highest BCUT2D eigenvalue weighted by molar-refractivity contribution is 6.00. The summed E-state index contributed by atoms with van der Waals surface area (Å²) in [6.45, 7) is 4.01. The zero-order valence-electron chi connectivity index (χ0n) is 11.1. The van der Waals surface area contributed by atoms with Gasteiger partial charge in [0.25, 0.3) is 0 Å². The van der Waals surface area contributed by atoms with Gasteiger partial charge in [-0.1, -0.05) is 24.3 Å². The molecule has 18 heavy (non-hydrogen) atoms. The lowest BCUT2D eigenvalue weighted by molar-refractivity contribution is 0.106. The molecule has 0 aliphatic carbocycles. The van der Waals surface area contributed by atoms with Crippen LogP contribution in [0.5, 0.6) is 0 Å². The third kappa shape index (κ3) is 3.09. The summed E-state index contributed by atoms with van der Waals surface area (Å²) in [6.07, 6.45) is 0. The predicted octanol–water partition coefficient (Wildman–Crippen LogP) is 1.41. The number of amidine groups is 1. The van der Waals surface area contributed by atoms with E-state index < -0.39 is 0 Å². The third-order valence-corrected chi connectivity index (χ3v) is 3.14. The van der Waals surface area contributed by atoms with Gasteiger partial charge < -0.3 is 14.5 Å². The van der Waals surface area contributed by atoms with Crippen molar-refractivity contribution in [3.8, 4) is 0 Å². The molecular formula is C14H21N3O. The van der Waals surface area contributed by atoms with Crippen molar-refractivity contribution in [1.82, 2.24) is 9.80 Å². The first-order valence-corrected chi connectivity index (χ1v) is 6.32. The molecule has 1 aliphatic rings. The molecule has 0 spiro atoms. The monoisotopic (exact) mass is 247 g/mol. The Kier molecular flexibility index (Phi) is 4.33. The molecule has 0 bridgehead atoms. The van der Waals surface area contributed by atoms with Crippen LogP contribution >= 0.6 is 0 Å². The Labute approximate surface area is 109 Å². The predicted molar refractivity (Wildman–Crippen MR) is 73.1 cm³/mol. The first-order valence-electron chi connectivity index (χ1n) is 6.32. The van der Waals surface area contributed by atoms with Gasteiger partial charge in [0.2, 0.25) is 0 Å². The van der Waals surface area contributed by atoms with E-state index in [4.69, 9.17) is 10.1 Å². The summed E-state index contributed by atoms with van der Waals surface area (Å²) in [7, 11) is 4.08. The van der Waals surface area contributed by atoms with Crippen molar-refractivity contribution in [3.05, 3.63) is 35.4 Å². The summed E-state index contributed by atoms with van der Waals surface area (Å²) in [4.78, 5) is 4.17. The molecule has 1 N–H and O–H groups in total. The molecule has 0 radical (unpaired) electrons. The Morgan fingerprint density at radius 2 is 2.06 bits per heavy atom. The molecule has 1 aliphatic heterocycles. The number of rotatable bonds is 6. The van der Waals surface area contributed by atoms with Crippen LogP contribution in [-0.4, -0.2) is 56.0 Å². The average molecular weight is 247 g/mol. The Morgan fingerprint density at radius 1 is 1.28 bits per heavy atom. The molecule has 1 aromatic rings. The second-order valence-electron chi connectivity index (χ2n) is 4.84. The van der Waals surface area contributed by atoms with Gasteiger partial charge in [0.15, 0.2) is 0 Å². The minimum Gasteiger partial charge on any atom is -0.378 e. The maximum Gasteiger partial charge on any atom is 0.128 e. The molecular weight excluding hydrogens is 226 g/mol. The van der Waals surface area contributed by atoms with Crippen LogP contribution in [0, 0.1) is 5.41 Å². The second kappa shape index (κ2) is 5.98. The van der Waals surface area contributed by atoms with Crippen molar-refractivity contribution in [2.45, 2.75) is 6.54 Å². The van der Waals surface area contributed by atoms with Crippen molar-refractivity contribution in [2.24, 2.45) is 0 Å². The van der Waals surface area contributed by atoms with Crippen molar-refractivity contribution in [1.29, 1.82) is 5.41 Å². The van der Waals surface area contributed by atoms with E-state index in [0.29, 0.717) is 12.4 Å². The minimum absolute atomic E-state index is 0.627. The number of likely N-dealkylation sites (N-methyl/N-ethyl adjacent to an activating group) is 1. The molecule has 0 atom stereocenters. The number of benzene rings is 1. The van der Waals surface area contributed by atoms with Crippen molar-refractivity contribution >= 4 is 5.84 Å². The fourth-order valence-electron chi connectivity index (χ4n) is 2.06. The van der Waals surface area contributed by atoms with E-state index >= 15 is 0 Å². The van der Waals surface area contributed by atoms with Crippen LogP contribution in [0.4, 0.5) is 0 Å². The number of nitrogens with one attached hydrogen (secondary N) is 1. The standard InChI is InChI=1S/C14H21N3O/c1-16(2)7-9-18-10-8-17-11-12-5-3-4-6-13(12)14(17)15/h3-6,15H,7-11H2,1-2H3. The van der Waals surface area contributed by atoms with E-state index in [1.807, 2.05) is 32.3 Å². The molecule has 1 heterocycles. The molecule has 2 rings (SSSR count). The van der Waals surface area contributed by atoms with Crippen molar-refractivity contribution < 1.29 is 4.74 Å². The number of ether oxygens (including phenoxy) is 1. The lowest BCUT2D eigenvalue weighted by Crippen LogP contribution is -2.29. The van der Waals surface area contributed by atoms with E-state index in [-0.39, 0.29) is 0 Å². The number of nitrogens with zero attached hydrogens (tertiary/aromatic N) is 2. The van der Waals surface area contributed by atoms with Crippen LogP contribution in [0.2, 0.25) is 0 Å². The quantitative estimate of drug-likeness (QED) is 0.773. The van der Waals surface area contributed by atoms with Gasteiger partial charge in [0.1, 0.15) is 5.84 Å². The number of hydrogen-bond acceptors (Lipinski definition) is 3. The van der Waals surface area contributed by atoms with Gasteiger partial charge in [-0.25, -0.2) is 0 Å². The molecule has 0 unspecified atom stereocenters. The summed E-state index contributed by atoms with van der Waals surface area (Å²) in [5.74, 6) is 0.627. The van der Waals surface area contributed by atoms with E-state index in [2.05, 4.69) is 15.9 Å². The lowest BCUT2D eigenvalue weighted by Gasteiger charge is -2.18. The molecule has 0 fully saturated rings. The minimum atomic E-state index is 0.627. The van der Waals surface area contributed by atoms with Gasteiger partial charge >= 0.3 is 0 Å². The van der Waals surface area contributed by atoms with Crippen LogP contribution in [-0.2, 0) is 11.3 Å². The summed E-state index contributed by atoms with van der Waals surface area (Å²) in [5.41, 5.74) is 2.31. The molecule has 0 saturated heterocycles. The van der Waals surface area contributed by atoms with E-state index in [0.717, 1.165) is 31.8 Å². The number of fused-ring (bicyclic) bond motifs is 1. The molecule has 4 heteroatoms. The van der Waals surface area contributed by atoms with E-state index in [9.17, 15) is 0 Å². The van der Waals surface area contributed by atoms with Crippen molar-refractivity contribution in [2.75, 3.05) is 40.4 Å². The Morgan fingerprint density at radius 3 is 2.78 bits per heavy atom. The fourth-order valence-corrected chi connectivity index (χ4v) is 2.06. The molecule has 98 valence electrons. The normalized spacial score (nSPS) is 14.4. The second-order valence-corrected chi connectivity index (χ2v) is 4.84. The highest BCUT2D eigenvalue weighted by atomic mass is 16.5. The topological polar surface area (TPSA) is 39.6 Å². The van der Waals surface area contributed by atoms with Gasteiger partial charge in [-0.05, 0) is 19.7 Å². The largest absolute Gasteiger partial charge is 0.378 e. The van der Waals surface area contributed by atoms with Crippen LogP contribution in [0.15, 0.2) is 24.3 Å². The van der Waals surface area contributed by atoms with Gasteiger partial charge in [-0.2, -0.15) is 0 Å². The van der Waals surface area contributed by atoms with Crippen LogP contribution in [0.1, 0.15) is 11.1 Å². The first kappa shape index (κ1) is 13.1. The summed E-state index contributed by atoms with van der Waals surface area (Å²) in [5, 5.41) is 8.10. The Bertz CT molecular complexity index is 417. The molecule has 0 saturated carbocycles. The van der Waals surface area contributed by atoms with E-state index in [1.54, 1.807) is 0 Å². The van der Waals surface area contributed by atoms with Crippen LogP contribution in [0.25, 0.3) is 0 Å². The summed E-state index contributed by atoms with van der Waals surface area (Å²) >= 11 is 0. The Balaban J connectivity index is 1.75. The van der Waals surface area contributed by atoms with Gasteiger partial charge in [-0.15, -0.1) is 0 Å². The van der Waals surface area contributed by atoms with E-state index in [1.165, 1.54) is 5.56 Å². The summed E-state index contributed by atoms with van der Waals surface area (Å²) in [6, 6.07) is 8.13. The number of hydrogen-bond donors (Lipinski definition) is 1. The Hall–Kier alpha value is -1.39. The zero-order valence-corrected chi connectivity index (χ0v) is 11.1. The van der Waals surface area contributed by atoms with Crippen molar-refractivity contribution in [3.63, 3.8) is 0 Å². The molecule has 0 aromatic heterocycles. The highest BCUT2D eigenvalue weighted by Crippen LogP contribution is 2.21. The molecule has 1 aromatic carbocycles. The van der Waals surface area contributed by atoms with Gasteiger partial charge in [0.05, 0.1) is 13.2 Å². The summed E-state index contributed by atoms with van der Waals surface area (Å²) < 4.78 is 5.57. The third-order valence-electron chi connectivity index (χ3n) is 3.14. The van der Waals surface area contributed by atoms with Crippen LogP contribution < -0.4 is 0 Å². The van der Waals surface area contributed by atoms with Crippen LogP contribution in [0.3, 0.4) is 0 Å². The molecule has 0 amide bonds. The first-order chi connectivity index (χ1) is 8.68. The molecule has 4 nitrogen and oxygen atoms in total.